The number of amides is 1. The van der Waals surface area contributed by atoms with Crippen LogP contribution < -0.4 is 0 Å². The van der Waals surface area contributed by atoms with E-state index in [0.717, 1.165) is 25.9 Å². The molecule has 0 saturated heterocycles. The third-order valence-electron chi connectivity index (χ3n) is 4.70. The molecule has 0 bridgehead atoms. The molecular formula is C20H39NO. The summed E-state index contributed by atoms with van der Waals surface area (Å²) in [6, 6.07) is 0. The van der Waals surface area contributed by atoms with E-state index in [-0.39, 0.29) is 5.91 Å². The van der Waals surface area contributed by atoms with Crippen LogP contribution in [0.5, 0.6) is 0 Å². The second-order valence-corrected chi connectivity index (χ2v) is 6.82. The van der Waals surface area contributed by atoms with Crippen LogP contribution >= 0.6 is 0 Å². The lowest BCUT2D eigenvalue weighted by Crippen LogP contribution is -2.39. The average Bonchev–Trinajstić information content (AvgIpc) is 2.52. The molecule has 0 aliphatic carbocycles. The normalized spacial score (nSPS) is 13.7. The first-order valence-electron chi connectivity index (χ1n) is 9.44. The summed E-state index contributed by atoms with van der Waals surface area (Å²) in [5.74, 6) is 1.42. The van der Waals surface area contributed by atoms with Crippen molar-refractivity contribution in [2.75, 3.05) is 13.1 Å². The van der Waals surface area contributed by atoms with Crippen molar-refractivity contribution in [1.29, 1.82) is 0 Å². The molecule has 0 heterocycles. The Labute approximate surface area is 139 Å². The summed E-state index contributed by atoms with van der Waals surface area (Å²) in [4.78, 5) is 14.6. The maximum absolute atomic E-state index is 12.5. The second kappa shape index (κ2) is 12.7. The van der Waals surface area contributed by atoms with E-state index < -0.39 is 0 Å². The number of unbranched alkanes of at least 4 members (excludes halogenated alkanes) is 2. The zero-order chi connectivity index (χ0) is 17.0. The van der Waals surface area contributed by atoms with Crippen molar-refractivity contribution in [3.8, 4) is 0 Å². The topological polar surface area (TPSA) is 20.3 Å². The summed E-state index contributed by atoms with van der Waals surface area (Å²) in [6.45, 7) is 16.5. The Morgan fingerprint density at radius 3 is 1.59 bits per heavy atom. The highest BCUT2D eigenvalue weighted by Crippen LogP contribution is 2.20. The molecule has 2 unspecified atom stereocenters. The summed E-state index contributed by atoms with van der Waals surface area (Å²) < 4.78 is 0. The second-order valence-electron chi connectivity index (χ2n) is 6.82. The van der Waals surface area contributed by atoms with E-state index in [0.29, 0.717) is 17.4 Å². The minimum Gasteiger partial charge on any atom is -0.338 e. The number of rotatable bonds is 13. The van der Waals surface area contributed by atoms with Gasteiger partial charge in [-0.3, -0.25) is 4.79 Å². The Morgan fingerprint density at radius 1 is 0.909 bits per heavy atom. The standard InChI is InChI=1S/C20H39NO/c1-7-11-13-18(9-3)15-21(20(22)17(5)6)16-19(10-4)14-12-8-2/h18-19H,5,7-16H2,1-4,6H3. The van der Waals surface area contributed by atoms with E-state index in [1.807, 2.05) is 6.92 Å². The van der Waals surface area contributed by atoms with Crippen molar-refractivity contribution in [3.63, 3.8) is 0 Å². The van der Waals surface area contributed by atoms with E-state index >= 15 is 0 Å². The van der Waals surface area contributed by atoms with Gasteiger partial charge in [0.2, 0.25) is 5.91 Å². The lowest BCUT2D eigenvalue weighted by Gasteiger charge is -2.31. The predicted octanol–water partition coefficient (Wildman–Crippen LogP) is 5.82. The molecule has 2 atom stereocenters. The van der Waals surface area contributed by atoms with Gasteiger partial charge in [-0.1, -0.05) is 72.8 Å². The maximum Gasteiger partial charge on any atom is 0.248 e. The van der Waals surface area contributed by atoms with Crippen molar-refractivity contribution in [3.05, 3.63) is 12.2 Å². The fourth-order valence-electron chi connectivity index (χ4n) is 2.97. The SMILES string of the molecule is C=C(C)C(=O)N(CC(CC)CCCC)CC(CC)CCCC. The van der Waals surface area contributed by atoms with Gasteiger partial charge < -0.3 is 4.90 Å². The molecule has 1 amide bonds. The lowest BCUT2D eigenvalue weighted by atomic mass is 9.95. The molecule has 0 aromatic heterocycles. The number of hydrogen-bond acceptors (Lipinski definition) is 1. The molecule has 130 valence electrons. The van der Waals surface area contributed by atoms with Crippen LogP contribution in [0.1, 0.15) is 86.0 Å². The molecule has 0 N–H and O–H groups in total. The Bertz CT molecular complexity index is 293. The van der Waals surface area contributed by atoms with E-state index in [9.17, 15) is 4.79 Å². The van der Waals surface area contributed by atoms with Gasteiger partial charge in [-0.25, -0.2) is 0 Å². The predicted molar refractivity (Wildman–Crippen MR) is 98.0 cm³/mol. The van der Waals surface area contributed by atoms with Gasteiger partial charge in [0.15, 0.2) is 0 Å². The molecular weight excluding hydrogens is 270 g/mol. The Hall–Kier alpha value is -0.790. The van der Waals surface area contributed by atoms with Crippen LogP contribution in [0.2, 0.25) is 0 Å². The molecule has 0 spiro atoms. The molecule has 0 aliphatic rings. The molecule has 22 heavy (non-hydrogen) atoms. The smallest absolute Gasteiger partial charge is 0.248 e. The third-order valence-corrected chi connectivity index (χ3v) is 4.70. The van der Waals surface area contributed by atoms with Gasteiger partial charge in [0.05, 0.1) is 0 Å². The van der Waals surface area contributed by atoms with Crippen LogP contribution in [0, 0.1) is 11.8 Å². The Morgan fingerprint density at radius 2 is 1.32 bits per heavy atom. The highest BCUT2D eigenvalue weighted by molar-refractivity contribution is 5.92. The van der Waals surface area contributed by atoms with E-state index in [4.69, 9.17) is 0 Å². The van der Waals surface area contributed by atoms with Crippen molar-refractivity contribution in [1.82, 2.24) is 4.90 Å². The van der Waals surface area contributed by atoms with Crippen LogP contribution in [-0.2, 0) is 4.79 Å². The zero-order valence-electron chi connectivity index (χ0n) is 15.8. The number of carbonyl (C=O) groups excluding carboxylic acids is 1. The van der Waals surface area contributed by atoms with Crippen molar-refractivity contribution < 1.29 is 4.79 Å². The minimum atomic E-state index is 0.157. The minimum absolute atomic E-state index is 0.157. The number of hydrogen-bond donors (Lipinski definition) is 0. The summed E-state index contributed by atoms with van der Waals surface area (Å²) >= 11 is 0. The Balaban J connectivity index is 4.79. The molecule has 0 aromatic rings. The van der Waals surface area contributed by atoms with Crippen LogP contribution in [0.3, 0.4) is 0 Å². The fourth-order valence-corrected chi connectivity index (χ4v) is 2.97. The van der Waals surface area contributed by atoms with E-state index in [2.05, 4.69) is 39.2 Å². The van der Waals surface area contributed by atoms with Crippen molar-refractivity contribution in [2.24, 2.45) is 11.8 Å². The van der Waals surface area contributed by atoms with Gasteiger partial charge >= 0.3 is 0 Å². The number of carbonyl (C=O) groups is 1. The molecule has 0 saturated carbocycles. The summed E-state index contributed by atoms with van der Waals surface area (Å²) in [5.41, 5.74) is 0.677. The molecule has 0 aliphatic heterocycles. The summed E-state index contributed by atoms with van der Waals surface area (Å²) in [5, 5.41) is 0. The summed E-state index contributed by atoms with van der Waals surface area (Å²) in [7, 11) is 0. The quantitative estimate of drug-likeness (QED) is 0.392. The van der Waals surface area contributed by atoms with Gasteiger partial charge in [0.25, 0.3) is 0 Å². The lowest BCUT2D eigenvalue weighted by molar-refractivity contribution is -0.128. The monoisotopic (exact) mass is 309 g/mol. The molecule has 0 aromatic carbocycles. The van der Waals surface area contributed by atoms with E-state index in [1.54, 1.807) is 0 Å². The molecule has 2 heteroatoms. The van der Waals surface area contributed by atoms with Crippen LogP contribution in [0.4, 0.5) is 0 Å². The first-order valence-corrected chi connectivity index (χ1v) is 9.44. The highest BCUT2D eigenvalue weighted by atomic mass is 16.2. The van der Waals surface area contributed by atoms with Crippen molar-refractivity contribution in [2.45, 2.75) is 86.0 Å². The van der Waals surface area contributed by atoms with Crippen molar-refractivity contribution >= 4 is 5.91 Å². The fraction of sp³-hybridized carbons (Fsp3) is 0.850. The molecule has 2 nitrogen and oxygen atoms in total. The molecule has 0 radical (unpaired) electrons. The van der Waals surface area contributed by atoms with E-state index in [1.165, 1.54) is 38.5 Å². The van der Waals surface area contributed by atoms with Gasteiger partial charge in [0.1, 0.15) is 0 Å². The third kappa shape index (κ3) is 8.60. The average molecular weight is 310 g/mol. The van der Waals surface area contributed by atoms with Crippen LogP contribution in [0.15, 0.2) is 12.2 Å². The van der Waals surface area contributed by atoms with Gasteiger partial charge in [-0.05, 0) is 31.6 Å². The highest BCUT2D eigenvalue weighted by Gasteiger charge is 2.21. The van der Waals surface area contributed by atoms with Gasteiger partial charge in [-0.2, -0.15) is 0 Å². The van der Waals surface area contributed by atoms with Gasteiger partial charge in [0, 0.05) is 18.7 Å². The molecule has 0 fully saturated rings. The van der Waals surface area contributed by atoms with Crippen LogP contribution in [-0.4, -0.2) is 23.9 Å². The Kier molecular flexibility index (Phi) is 12.3. The first-order chi connectivity index (χ1) is 10.5. The zero-order valence-corrected chi connectivity index (χ0v) is 15.8. The number of nitrogens with zero attached hydrogens (tertiary/aromatic N) is 1. The first kappa shape index (κ1) is 21.2. The van der Waals surface area contributed by atoms with Gasteiger partial charge in [-0.15, -0.1) is 0 Å². The maximum atomic E-state index is 12.5. The molecule has 0 rings (SSSR count). The largest absolute Gasteiger partial charge is 0.338 e. The van der Waals surface area contributed by atoms with Crippen LogP contribution in [0.25, 0.3) is 0 Å². The summed E-state index contributed by atoms with van der Waals surface area (Å²) in [6.07, 6.45) is 9.79.